The standard InChI is InChI=1S/C10H10ClF4NO/c11-4-7(17)5-16-9-2-1-6(12)3-8(9)10(13,14)15/h1-3,7,16-17H,4-5H2. The third kappa shape index (κ3) is 4.05. The van der Waals surface area contributed by atoms with Crippen LogP contribution in [0.5, 0.6) is 0 Å². The number of benzene rings is 1. The van der Waals surface area contributed by atoms with Crippen LogP contribution in [0.1, 0.15) is 5.56 Å². The Morgan fingerprint density at radius 1 is 1.35 bits per heavy atom. The zero-order valence-corrected chi connectivity index (χ0v) is 9.32. The highest BCUT2D eigenvalue weighted by Gasteiger charge is 2.34. The zero-order valence-electron chi connectivity index (χ0n) is 8.56. The van der Waals surface area contributed by atoms with Crippen LogP contribution in [0.4, 0.5) is 23.2 Å². The summed E-state index contributed by atoms with van der Waals surface area (Å²) in [7, 11) is 0. The number of alkyl halides is 4. The van der Waals surface area contributed by atoms with Gasteiger partial charge in [0.2, 0.25) is 0 Å². The van der Waals surface area contributed by atoms with Crippen molar-refractivity contribution in [1.29, 1.82) is 0 Å². The number of anilines is 1. The van der Waals surface area contributed by atoms with Gasteiger partial charge in [0.1, 0.15) is 5.82 Å². The summed E-state index contributed by atoms with van der Waals surface area (Å²) >= 11 is 5.30. The molecule has 0 saturated carbocycles. The van der Waals surface area contributed by atoms with Crippen molar-refractivity contribution in [3.05, 3.63) is 29.6 Å². The minimum absolute atomic E-state index is 0.102. The maximum absolute atomic E-state index is 12.7. The van der Waals surface area contributed by atoms with E-state index in [1.54, 1.807) is 0 Å². The van der Waals surface area contributed by atoms with Crippen molar-refractivity contribution in [3.63, 3.8) is 0 Å². The van der Waals surface area contributed by atoms with Crippen molar-refractivity contribution >= 4 is 17.3 Å². The Kier molecular flexibility index (Phi) is 4.59. The number of nitrogens with one attached hydrogen (secondary N) is 1. The van der Waals surface area contributed by atoms with Crippen molar-refractivity contribution in [2.24, 2.45) is 0 Å². The molecule has 0 aliphatic heterocycles. The first-order valence-electron chi connectivity index (χ1n) is 4.69. The summed E-state index contributed by atoms with van der Waals surface area (Å²) in [6, 6.07) is 2.28. The Balaban J connectivity index is 2.91. The monoisotopic (exact) mass is 271 g/mol. The lowest BCUT2D eigenvalue weighted by Gasteiger charge is -2.16. The normalized spacial score (nSPS) is 13.5. The van der Waals surface area contributed by atoms with E-state index < -0.39 is 23.7 Å². The Labute approximate surface area is 100 Å². The van der Waals surface area contributed by atoms with Gasteiger partial charge in [0, 0.05) is 12.2 Å². The van der Waals surface area contributed by atoms with Crippen LogP contribution in [-0.2, 0) is 6.18 Å². The van der Waals surface area contributed by atoms with Gasteiger partial charge < -0.3 is 10.4 Å². The molecule has 7 heteroatoms. The van der Waals surface area contributed by atoms with E-state index >= 15 is 0 Å². The van der Waals surface area contributed by atoms with Crippen LogP contribution in [0, 0.1) is 5.82 Å². The van der Waals surface area contributed by atoms with Crippen LogP contribution >= 0.6 is 11.6 Å². The van der Waals surface area contributed by atoms with Gasteiger partial charge in [0.15, 0.2) is 0 Å². The molecular formula is C10H10ClF4NO. The molecule has 0 aromatic heterocycles. The molecule has 0 fully saturated rings. The molecule has 0 heterocycles. The highest BCUT2D eigenvalue weighted by molar-refractivity contribution is 6.18. The van der Waals surface area contributed by atoms with Gasteiger partial charge in [0.25, 0.3) is 0 Å². The molecule has 1 atom stereocenters. The minimum Gasteiger partial charge on any atom is -0.390 e. The van der Waals surface area contributed by atoms with E-state index in [9.17, 15) is 17.6 Å². The summed E-state index contributed by atoms with van der Waals surface area (Å²) in [6.07, 6.45) is -5.63. The van der Waals surface area contributed by atoms with Gasteiger partial charge in [-0.1, -0.05) is 0 Å². The molecule has 0 spiro atoms. The fraction of sp³-hybridized carbons (Fsp3) is 0.400. The fourth-order valence-electron chi connectivity index (χ4n) is 1.19. The highest BCUT2D eigenvalue weighted by Crippen LogP contribution is 2.35. The van der Waals surface area contributed by atoms with Crippen LogP contribution in [0.2, 0.25) is 0 Å². The first kappa shape index (κ1) is 14.1. The number of hydrogen-bond donors (Lipinski definition) is 2. The molecule has 17 heavy (non-hydrogen) atoms. The average molecular weight is 272 g/mol. The van der Waals surface area contributed by atoms with Gasteiger partial charge in [-0.3, -0.25) is 0 Å². The van der Waals surface area contributed by atoms with Gasteiger partial charge in [-0.15, -0.1) is 11.6 Å². The smallest absolute Gasteiger partial charge is 0.390 e. The lowest BCUT2D eigenvalue weighted by atomic mass is 10.1. The van der Waals surface area contributed by atoms with Gasteiger partial charge in [-0.05, 0) is 18.2 Å². The number of hydrogen-bond acceptors (Lipinski definition) is 2. The molecule has 1 rings (SSSR count). The van der Waals surface area contributed by atoms with Crippen molar-refractivity contribution < 1.29 is 22.7 Å². The quantitative estimate of drug-likeness (QED) is 0.652. The average Bonchev–Trinajstić information content (AvgIpc) is 2.25. The second kappa shape index (κ2) is 5.55. The van der Waals surface area contributed by atoms with Crippen LogP contribution in [-0.4, -0.2) is 23.6 Å². The molecule has 1 aromatic carbocycles. The van der Waals surface area contributed by atoms with E-state index in [-0.39, 0.29) is 18.1 Å². The predicted molar refractivity (Wildman–Crippen MR) is 56.6 cm³/mol. The summed E-state index contributed by atoms with van der Waals surface area (Å²) in [6.45, 7) is -0.141. The Morgan fingerprint density at radius 2 is 2.00 bits per heavy atom. The van der Waals surface area contributed by atoms with E-state index in [4.69, 9.17) is 16.7 Å². The molecule has 0 bridgehead atoms. The van der Waals surface area contributed by atoms with Crippen molar-refractivity contribution in [2.75, 3.05) is 17.7 Å². The summed E-state index contributed by atoms with van der Waals surface area (Å²) in [5.74, 6) is -1.07. The van der Waals surface area contributed by atoms with Gasteiger partial charge in [0.05, 0.1) is 17.5 Å². The van der Waals surface area contributed by atoms with E-state index in [1.165, 1.54) is 0 Å². The summed E-state index contributed by atoms with van der Waals surface area (Å²) < 4.78 is 50.4. The van der Waals surface area contributed by atoms with Crippen LogP contribution in [0.15, 0.2) is 18.2 Å². The van der Waals surface area contributed by atoms with Crippen molar-refractivity contribution in [1.82, 2.24) is 0 Å². The van der Waals surface area contributed by atoms with E-state index in [1.807, 2.05) is 0 Å². The summed E-state index contributed by atoms with van der Waals surface area (Å²) in [5.41, 5.74) is -1.40. The molecule has 0 amide bonds. The molecule has 0 radical (unpaired) electrons. The highest BCUT2D eigenvalue weighted by atomic mass is 35.5. The molecule has 0 saturated heterocycles. The van der Waals surface area contributed by atoms with Crippen molar-refractivity contribution in [2.45, 2.75) is 12.3 Å². The molecular weight excluding hydrogens is 262 g/mol. The SMILES string of the molecule is OC(CCl)CNc1ccc(F)cc1C(F)(F)F. The van der Waals surface area contributed by atoms with Gasteiger partial charge >= 0.3 is 6.18 Å². The fourth-order valence-corrected chi connectivity index (χ4v) is 1.30. The Bertz CT molecular complexity index is 383. The number of aliphatic hydroxyl groups is 1. The predicted octanol–water partition coefficient (Wildman–Crippen LogP) is 2.86. The lowest BCUT2D eigenvalue weighted by molar-refractivity contribution is -0.137. The second-order valence-electron chi connectivity index (χ2n) is 3.38. The Morgan fingerprint density at radius 3 is 2.53 bits per heavy atom. The van der Waals surface area contributed by atoms with Crippen molar-refractivity contribution in [3.8, 4) is 0 Å². The minimum atomic E-state index is -4.66. The zero-order chi connectivity index (χ0) is 13.1. The molecule has 1 unspecified atom stereocenters. The van der Waals surface area contributed by atoms with E-state index in [0.29, 0.717) is 6.07 Å². The molecule has 1 aromatic rings. The molecule has 0 aliphatic carbocycles. The van der Waals surface area contributed by atoms with Crippen LogP contribution in [0.25, 0.3) is 0 Å². The number of rotatable bonds is 4. The Hall–Kier alpha value is -1.01. The molecule has 96 valence electrons. The molecule has 2 nitrogen and oxygen atoms in total. The second-order valence-corrected chi connectivity index (χ2v) is 3.69. The van der Waals surface area contributed by atoms with Gasteiger partial charge in [-0.2, -0.15) is 13.2 Å². The maximum atomic E-state index is 12.7. The summed E-state index contributed by atoms with van der Waals surface area (Å²) in [5, 5.41) is 11.5. The number of aliphatic hydroxyl groups excluding tert-OH is 1. The van der Waals surface area contributed by atoms with Crippen LogP contribution in [0.3, 0.4) is 0 Å². The third-order valence-electron chi connectivity index (χ3n) is 1.99. The third-order valence-corrected chi connectivity index (χ3v) is 2.35. The topological polar surface area (TPSA) is 32.3 Å². The van der Waals surface area contributed by atoms with Crippen LogP contribution < -0.4 is 5.32 Å². The first-order valence-corrected chi connectivity index (χ1v) is 5.22. The maximum Gasteiger partial charge on any atom is 0.418 e. The number of halogens is 5. The van der Waals surface area contributed by atoms with Gasteiger partial charge in [-0.25, -0.2) is 4.39 Å². The molecule has 2 N–H and O–H groups in total. The first-order chi connectivity index (χ1) is 7.84. The van der Waals surface area contributed by atoms with E-state index in [0.717, 1.165) is 12.1 Å². The van der Waals surface area contributed by atoms with E-state index in [2.05, 4.69) is 5.32 Å². The summed E-state index contributed by atoms with van der Waals surface area (Å²) in [4.78, 5) is 0. The largest absolute Gasteiger partial charge is 0.418 e. The lowest BCUT2D eigenvalue weighted by Crippen LogP contribution is -2.22. The molecule has 0 aliphatic rings.